The summed E-state index contributed by atoms with van der Waals surface area (Å²) in [6.07, 6.45) is 7.04. The second kappa shape index (κ2) is 5.65. The van der Waals surface area contributed by atoms with Crippen LogP contribution < -0.4 is 14.8 Å². The number of carbonyl (C=O) groups is 1. The van der Waals surface area contributed by atoms with Crippen LogP contribution in [-0.2, 0) is 5.54 Å². The maximum absolute atomic E-state index is 12.5. The minimum atomic E-state index is -0.343. The van der Waals surface area contributed by atoms with Crippen LogP contribution in [0.1, 0.15) is 41.6 Å². The van der Waals surface area contributed by atoms with Crippen molar-refractivity contribution in [3.05, 3.63) is 47.9 Å². The van der Waals surface area contributed by atoms with Crippen molar-refractivity contribution in [2.75, 3.05) is 13.2 Å². The molecule has 1 aromatic carbocycles. The van der Waals surface area contributed by atoms with Gasteiger partial charge in [-0.1, -0.05) is 18.9 Å². The molecular formula is C18H19NO4. The van der Waals surface area contributed by atoms with Crippen molar-refractivity contribution in [3.63, 3.8) is 0 Å². The van der Waals surface area contributed by atoms with Crippen LogP contribution >= 0.6 is 0 Å². The molecule has 5 nitrogen and oxygen atoms in total. The van der Waals surface area contributed by atoms with Crippen LogP contribution in [0.3, 0.4) is 0 Å². The molecule has 1 fully saturated rings. The van der Waals surface area contributed by atoms with Crippen molar-refractivity contribution < 1.29 is 18.7 Å². The fraction of sp³-hybridized carbons (Fsp3) is 0.389. The number of ether oxygens (including phenoxy) is 2. The molecule has 0 atom stereocenters. The number of furan rings is 1. The van der Waals surface area contributed by atoms with Crippen LogP contribution in [0, 0.1) is 0 Å². The SMILES string of the molecule is O=C(NC1(c2ccc3c(c2)OCCO3)CCCC1)c1ccoc1. The zero-order valence-electron chi connectivity index (χ0n) is 12.8. The van der Waals surface area contributed by atoms with Crippen LogP contribution in [-0.4, -0.2) is 19.1 Å². The number of benzene rings is 1. The van der Waals surface area contributed by atoms with Crippen molar-refractivity contribution in [2.24, 2.45) is 0 Å². The lowest BCUT2D eigenvalue weighted by molar-refractivity contribution is 0.0897. The van der Waals surface area contributed by atoms with Gasteiger partial charge in [0.15, 0.2) is 11.5 Å². The normalized spacial score (nSPS) is 18.6. The molecule has 1 aliphatic carbocycles. The van der Waals surface area contributed by atoms with E-state index in [0.29, 0.717) is 18.8 Å². The van der Waals surface area contributed by atoms with Gasteiger partial charge in [0, 0.05) is 0 Å². The standard InChI is InChI=1S/C18H19NO4/c20-17(13-5-8-21-12-13)19-18(6-1-2-7-18)14-3-4-15-16(11-14)23-10-9-22-15/h3-5,8,11-12H,1-2,6-7,9-10H2,(H,19,20). The molecule has 1 N–H and O–H groups in total. The fourth-order valence-corrected chi connectivity index (χ4v) is 3.49. The molecular weight excluding hydrogens is 294 g/mol. The van der Waals surface area contributed by atoms with Crippen molar-refractivity contribution >= 4 is 5.91 Å². The first-order valence-electron chi connectivity index (χ1n) is 8.02. The molecule has 0 saturated heterocycles. The van der Waals surface area contributed by atoms with E-state index in [-0.39, 0.29) is 11.4 Å². The Labute approximate surface area is 134 Å². The van der Waals surface area contributed by atoms with E-state index >= 15 is 0 Å². The molecule has 1 aliphatic heterocycles. The van der Waals surface area contributed by atoms with Gasteiger partial charge in [-0.15, -0.1) is 0 Å². The molecule has 1 saturated carbocycles. The summed E-state index contributed by atoms with van der Waals surface area (Å²) in [5.41, 5.74) is 1.29. The molecule has 120 valence electrons. The first-order valence-corrected chi connectivity index (χ1v) is 8.02. The van der Waals surface area contributed by atoms with Gasteiger partial charge in [-0.05, 0) is 36.6 Å². The third kappa shape index (κ3) is 2.56. The lowest BCUT2D eigenvalue weighted by atomic mass is 9.87. The van der Waals surface area contributed by atoms with Gasteiger partial charge in [-0.2, -0.15) is 0 Å². The first-order chi connectivity index (χ1) is 11.3. The molecule has 2 aromatic rings. The summed E-state index contributed by atoms with van der Waals surface area (Å²) >= 11 is 0. The molecule has 0 radical (unpaired) electrons. The number of amides is 1. The largest absolute Gasteiger partial charge is 0.486 e. The molecule has 0 unspecified atom stereocenters. The van der Waals surface area contributed by atoms with E-state index in [2.05, 4.69) is 5.32 Å². The van der Waals surface area contributed by atoms with Gasteiger partial charge in [-0.25, -0.2) is 0 Å². The highest BCUT2D eigenvalue weighted by Gasteiger charge is 2.38. The Balaban J connectivity index is 1.66. The van der Waals surface area contributed by atoms with E-state index in [0.717, 1.165) is 42.7 Å². The third-order valence-electron chi connectivity index (χ3n) is 4.69. The van der Waals surface area contributed by atoms with Crippen LogP contribution in [0.15, 0.2) is 41.2 Å². The molecule has 5 heteroatoms. The molecule has 1 amide bonds. The monoisotopic (exact) mass is 313 g/mol. The van der Waals surface area contributed by atoms with Crippen LogP contribution in [0.5, 0.6) is 11.5 Å². The summed E-state index contributed by atoms with van der Waals surface area (Å²) in [7, 11) is 0. The molecule has 2 aliphatic rings. The van der Waals surface area contributed by atoms with E-state index in [1.54, 1.807) is 6.07 Å². The average molecular weight is 313 g/mol. The Kier molecular flexibility index (Phi) is 3.48. The number of hydrogen-bond acceptors (Lipinski definition) is 4. The van der Waals surface area contributed by atoms with Gasteiger partial charge in [0.1, 0.15) is 19.5 Å². The second-order valence-electron chi connectivity index (χ2n) is 6.11. The highest BCUT2D eigenvalue weighted by atomic mass is 16.6. The van der Waals surface area contributed by atoms with E-state index in [4.69, 9.17) is 13.9 Å². The lowest BCUT2D eigenvalue weighted by Gasteiger charge is -2.32. The van der Waals surface area contributed by atoms with Gasteiger partial charge in [-0.3, -0.25) is 4.79 Å². The number of carbonyl (C=O) groups excluding carboxylic acids is 1. The lowest BCUT2D eigenvalue weighted by Crippen LogP contribution is -2.43. The summed E-state index contributed by atoms with van der Waals surface area (Å²) in [6, 6.07) is 7.67. The minimum Gasteiger partial charge on any atom is -0.486 e. The predicted octanol–water partition coefficient (Wildman–Crippen LogP) is 3.25. The molecule has 0 spiro atoms. The van der Waals surface area contributed by atoms with Crippen LogP contribution in [0.25, 0.3) is 0 Å². The Hall–Kier alpha value is -2.43. The molecule has 0 bridgehead atoms. The number of rotatable bonds is 3. The van der Waals surface area contributed by atoms with Gasteiger partial charge in [0.05, 0.1) is 17.4 Å². The van der Waals surface area contributed by atoms with Crippen molar-refractivity contribution in [2.45, 2.75) is 31.2 Å². The number of fused-ring (bicyclic) bond motifs is 1. The van der Waals surface area contributed by atoms with Crippen LogP contribution in [0.2, 0.25) is 0 Å². The highest BCUT2D eigenvalue weighted by molar-refractivity contribution is 5.94. The van der Waals surface area contributed by atoms with Crippen molar-refractivity contribution in [1.82, 2.24) is 5.32 Å². The molecule has 4 rings (SSSR count). The maximum atomic E-state index is 12.5. The van der Waals surface area contributed by atoms with Crippen molar-refractivity contribution in [3.8, 4) is 11.5 Å². The summed E-state index contributed by atoms with van der Waals surface area (Å²) in [6.45, 7) is 1.14. The Morgan fingerprint density at radius 3 is 2.57 bits per heavy atom. The molecule has 1 aromatic heterocycles. The topological polar surface area (TPSA) is 60.7 Å². The highest BCUT2D eigenvalue weighted by Crippen LogP contribution is 2.42. The molecule has 2 heterocycles. The quantitative estimate of drug-likeness (QED) is 0.945. The Bertz CT molecular complexity index is 702. The summed E-state index contributed by atoms with van der Waals surface area (Å²) in [4.78, 5) is 12.5. The summed E-state index contributed by atoms with van der Waals surface area (Å²) in [5.74, 6) is 1.43. The van der Waals surface area contributed by atoms with Gasteiger partial charge in [0.2, 0.25) is 0 Å². The Morgan fingerprint density at radius 1 is 1.04 bits per heavy atom. The van der Waals surface area contributed by atoms with E-state index < -0.39 is 0 Å². The number of hydrogen-bond donors (Lipinski definition) is 1. The fourth-order valence-electron chi connectivity index (χ4n) is 3.49. The molecule has 23 heavy (non-hydrogen) atoms. The Morgan fingerprint density at radius 2 is 1.83 bits per heavy atom. The first kappa shape index (κ1) is 14.2. The van der Waals surface area contributed by atoms with Gasteiger partial charge >= 0.3 is 0 Å². The zero-order valence-corrected chi connectivity index (χ0v) is 12.8. The van der Waals surface area contributed by atoms with Gasteiger partial charge in [0.25, 0.3) is 5.91 Å². The minimum absolute atomic E-state index is 0.101. The maximum Gasteiger partial charge on any atom is 0.255 e. The summed E-state index contributed by atoms with van der Waals surface area (Å²) in [5, 5.41) is 3.22. The van der Waals surface area contributed by atoms with Crippen LogP contribution in [0.4, 0.5) is 0 Å². The van der Waals surface area contributed by atoms with E-state index in [1.165, 1.54) is 12.5 Å². The average Bonchev–Trinajstić information content (AvgIpc) is 3.27. The van der Waals surface area contributed by atoms with Crippen molar-refractivity contribution in [1.29, 1.82) is 0 Å². The van der Waals surface area contributed by atoms with E-state index in [9.17, 15) is 4.79 Å². The van der Waals surface area contributed by atoms with Gasteiger partial charge < -0.3 is 19.2 Å². The summed E-state index contributed by atoms with van der Waals surface area (Å²) < 4.78 is 16.3. The zero-order chi connectivity index (χ0) is 15.7. The second-order valence-corrected chi connectivity index (χ2v) is 6.11. The third-order valence-corrected chi connectivity index (χ3v) is 4.69. The predicted molar refractivity (Wildman–Crippen MR) is 83.8 cm³/mol. The smallest absolute Gasteiger partial charge is 0.255 e. The number of nitrogens with one attached hydrogen (secondary N) is 1. The van der Waals surface area contributed by atoms with E-state index in [1.807, 2.05) is 18.2 Å².